The van der Waals surface area contributed by atoms with Gasteiger partial charge in [0.1, 0.15) is 6.61 Å². The maximum atomic E-state index is 13.7. The number of carbonyl (C=O) groups excluding carboxylic acids is 2. The number of benzene rings is 1. The highest BCUT2D eigenvalue weighted by Crippen LogP contribution is 2.46. The summed E-state index contributed by atoms with van der Waals surface area (Å²) >= 11 is 6.32. The number of cyclic esters (lactones) is 1. The lowest BCUT2D eigenvalue weighted by Gasteiger charge is -2.35. The summed E-state index contributed by atoms with van der Waals surface area (Å²) in [6.45, 7) is 1.33. The molecule has 1 atom stereocenters. The molecule has 1 N–H and O–H groups in total. The van der Waals surface area contributed by atoms with Gasteiger partial charge < -0.3 is 28.8 Å². The van der Waals surface area contributed by atoms with Gasteiger partial charge >= 0.3 is 18.2 Å². The van der Waals surface area contributed by atoms with Crippen molar-refractivity contribution in [2.75, 3.05) is 13.6 Å². The van der Waals surface area contributed by atoms with E-state index < -0.39 is 29.4 Å². The van der Waals surface area contributed by atoms with Gasteiger partial charge in [0.15, 0.2) is 11.5 Å². The molecule has 198 valence electrons. The van der Waals surface area contributed by atoms with E-state index in [0.717, 1.165) is 0 Å². The molecule has 6 rings (SSSR count). The average molecular weight is 548 g/mol. The molecule has 0 fully saturated rings. The van der Waals surface area contributed by atoms with Crippen molar-refractivity contribution < 1.29 is 37.3 Å². The molecule has 0 bridgehead atoms. The number of aromatic nitrogens is 2. The van der Waals surface area contributed by atoms with Crippen LogP contribution in [0.4, 0.5) is 8.78 Å². The summed E-state index contributed by atoms with van der Waals surface area (Å²) in [6, 6.07) is 4.33. The number of carbonyl (C=O) groups is 2. The third-order valence-electron chi connectivity index (χ3n) is 7.04. The Labute approximate surface area is 218 Å². The van der Waals surface area contributed by atoms with Crippen molar-refractivity contribution in [1.82, 2.24) is 14.9 Å². The van der Waals surface area contributed by atoms with Crippen LogP contribution in [0.5, 0.6) is 11.5 Å². The molecule has 0 saturated heterocycles. The number of rotatable bonds is 5. The number of nitrogens with zero attached hydrogens (tertiary/aromatic N) is 2. The number of hydrogen-bond donors (Lipinski definition) is 1. The Bertz CT molecular complexity index is 1620. The molecular weight excluding hydrogens is 528 g/mol. The normalized spacial score (nSPS) is 20.1. The van der Waals surface area contributed by atoms with Crippen LogP contribution in [0.1, 0.15) is 35.6 Å². The second kappa shape index (κ2) is 8.37. The molecule has 38 heavy (non-hydrogen) atoms. The number of pyridine rings is 2. The van der Waals surface area contributed by atoms with E-state index in [1.54, 1.807) is 20.0 Å². The molecule has 0 spiro atoms. The second-order valence-electron chi connectivity index (χ2n) is 9.11. The van der Waals surface area contributed by atoms with Crippen molar-refractivity contribution in [1.29, 1.82) is 0 Å². The van der Waals surface area contributed by atoms with Gasteiger partial charge in [-0.2, -0.15) is 0 Å². The zero-order chi connectivity index (χ0) is 27.0. The SMILES string of the molecule is CCC1(OC(=O)CNC)C(=O)OCc2c1cc1n(c2=O)Cc2c-1nc1cc3c(cc1c2CCl)OC(F)(F)O3. The van der Waals surface area contributed by atoms with Crippen molar-refractivity contribution in [3.05, 3.63) is 50.8 Å². The Morgan fingerprint density at radius 1 is 1.21 bits per heavy atom. The lowest BCUT2D eigenvalue weighted by molar-refractivity contribution is -0.286. The Balaban J connectivity index is 1.57. The standard InChI is InChI=1S/C25H20ClF2N3O7/c1-3-24(38-20(32)8-29-2)15-5-17-21-13(9-31(17)22(33)14(15)10-35-23(24)34)12(7-26)11-4-18-19(6-16(11)30-21)37-25(27,28)36-18/h4-6,29H,3,7-10H2,1-2H3. The molecular formula is C25H20ClF2N3O7. The van der Waals surface area contributed by atoms with Gasteiger partial charge in [0, 0.05) is 28.5 Å². The molecule has 0 saturated carbocycles. The fraction of sp³-hybridized carbons (Fsp3) is 0.360. The van der Waals surface area contributed by atoms with Gasteiger partial charge in [-0.1, -0.05) is 6.92 Å². The Kier molecular flexibility index (Phi) is 5.41. The van der Waals surface area contributed by atoms with E-state index in [4.69, 9.17) is 21.1 Å². The highest BCUT2D eigenvalue weighted by molar-refractivity contribution is 6.18. The topological polar surface area (TPSA) is 118 Å². The molecule has 5 heterocycles. The Hall–Kier alpha value is -3.77. The van der Waals surface area contributed by atoms with Crippen LogP contribution in [0.15, 0.2) is 23.0 Å². The number of nitrogens with one attached hydrogen (secondary N) is 1. The van der Waals surface area contributed by atoms with Gasteiger partial charge in [-0.3, -0.25) is 9.59 Å². The maximum Gasteiger partial charge on any atom is 0.586 e. The number of alkyl halides is 3. The molecule has 3 aliphatic rings. The summed E-state index contributed by atoms with van der Waals surface area (Å²) in [5, 5.41) is 3.15. The molecule has 0 aliphatic carbocycles. The van der Waals surface area contributed by atoms with E-state index in [-0.39, 0.29) is 54.6 Å². The maximum absolute atomic E-state index is 13.7. The number of hydrogen-bond acceptors (Lipinski definition) is 9. The van der Waals surface area contributed by atoms with Crippen LogP contribution < -0.4 is 20.3 Å². The lowest BCUT2D eigenvalue weighted by atomic mass is 9.85. The summed E-state index contributed by atoms with van der Waals surface area (Å²) in [7, 11) is 1.56. The monoisotopic (exact) mass is 547 g/mol. The third kappa shape index (κ3) is 3.39. The fourth-order valence-electron chi connectivity index (χ4n) is 5.29. The zero-order valence-electron chi connectivity index (χ0n) is 20.2. The van der Waals surface area contributed by atoms with Crippen LogP contribution >= 0.6 is 11.6 Å². The molecule has 10 nitrogen and oxygen atoms in total. The molecule has 0 amide bonds. The van der Waals surface area contributed by atoms with Gasteiger partial charge in [0.2, 0.25) is 5.60 Å². The summed E-state index contributed by atoms with van der Waals surface area (Å²) in [6.07, 6.45) is -3.77. The molecule has 3 aromatic rings. The van der Waals surface area contributed by atoms with Crippen molar-refractivity contribution >= 4 is 34.4 Å². The molecule has 1 aromatic carbocycles. The zero-order valence-corrected chi connectivity index (χ0v) is 20.9. The van der Waals surface area contributed by atoms with Gasteiger partial charge in [-0.05, 0) is 31.2 Å². The van der Waals surface area contributed by atoms with Crippen LogP contribution in [0.25, 0.3) is 22.3 Å². The van der Waals surface area contributed by atoms with E-state index in [0.29, 0.717) is 33.4 Å². The van der Waals surface area contributed by atoms with Crippen LogP contribution in [-0.2, 0) is 43.7 Å². The molecule has 3 aliphatic heterocycles. The minimum atomic E-state index is -3.80. The number of fused-ring (bicyclic) bond motifs is 6. The van der Waals surface area contributed by atoms with Crippen LogP contribution in [0.3, 0.4) is 0 Å². The first kappa shape index (κ1) is 24.6. The van der Waals surface area contributed by atoms with E-state index in [1.165, 1.54) is 16.7 Å². The molecule has 0 radical (unpaired) electrons. The van der Waals surface area contributed by atoms with Gasteiger partial charge in [-0.25, -0.2) is 9.78 Å². The van der Waals surface area contributed by atoms with Gasteiger partial charge in [0.25, 0.3) is 5.56 Å². The van der Waals surface area contributed by atoms with E-state index in [2.05, 4.69) is 19.8 Å². The number of ether oxygens (including phenoxy) is 4. The van der Waals surface area contributed by atoms with Crippen molar-refractivity contribution in [2.45, 2.75) is 44.3 Å². The van der Waals surface area contributed by atoms with Crippen LogP contribution in [-0.4, -0.2) is 41.4 Å². The Morgan fingerprint density at radius 3 is 2.63 bits per heavy atom. The largest absolute Gasteiger partial charge is 0.586 e. The molecule has 2 aromatic heterocycles. The first-order valence-electron chi connectivity index (χ1n) is 11.7. The minimum absolute atomic E-state index is 0.00195. The van der Waals surface area contributed by atoms with Crippen LogP contribution in [0.2, 0.25) is 0 Å². The predicted octanol–water partition coefficient (Wildman–Crippen LogP) is 2.91. The summed E-state index contributed by atoms with van der Waals surface area (Å²) in [5.74, 6) is -1.80. The molecule has 1 unspecified atom stereocenters. The predicted molar refractivity (Wildman–Crippen MR) is 128 cm³/mol. The highest BCUT2D eigenvalue weighted by Gasteiger charge is 2.50. The first-order chi connectivity index (χ1) is 18.1. The third-order valence-corrected chi connectivity index (χ3v) is 7.31. The fourth-order valence-corrected chi connectivity index (χ4v) is 5.60. The second-order valence-corrected chi connectivity index (χ2v) is 9.38. The van der Waals surface area contributed by atoms with Gasteiger partial charge in [-0.15, -0.1) is 20.4 Å². The van der Waals surface area contributed by atoms with E-state index >= 15 is 0 Å². The van der Waals surface area contributed by atoms with E-state index in [9.17, 15) is 23.2 Å². The Morgan fingerprint density at radius 2 is 1.95 bits per heavy atom. The summed E-state index contributed by atoms with van der Waals surface area (Å²) in [4.78, 5) is 43.8. The summed E-state index contributed by atoms with van der Waals surface area (Å²) < 4.78 is 48.9. The number of likely N-dealkylation sites (N-methyl/N-ethyl adjacent to an activating group) is 1. The van der Waals surface area contributed by atoms with Crippen molar-refractivity contribution in [2.24, 2.45) is 0 Å². The lowest BCUT2D eigenvalue weighted by Crippen LogP contribution is -2.48. The van der Waals surface area contributed by atoms with Gasteiger partial charge in [0.05, 0.1) is 35.6 Å². The van der Waals surface area contributed by atoms with Crippen LogP contribution in [0, 0.1) is 0 Å². The number of esters is 2. The van der Waals surface area contributed by atoms with E-state index in [1.807, 2.05) is 0 Å². The smallest absolute Gasteiger partial charge is 0.457 e. The van der Waals surface area contributed by atoms with Crippen molar-refractivity contribution in [3.8, 4) is 22.9 Å². The number of halogens is 3. The highest BCUT2D eigenvalue weighted by atomic mass is 35.5. The summed E-state index contributed by atoms with van der Waals surface area (Å²) in [5.41, 5.74) is 0.459. The average Bonchev–Trinajstić information content (AvgIpc) is 3.38. The minimum Gasteiger partial charge on any atom is -0.457 e. The first-order valence-corrected chi connectivity index (χ1v) is 12.3. The quantitative estimate of drug-likeness (QED) is 0.297. The molecule has 13 heteroatoms. The van der Waals surface area contributed by atoms with Crippen molar-refractivity contribution in [3.63, 3.8) is 0 Å².